The van der Waals surface area contributed by atoms with E-state index in [9.17, 15) is 0 Å². The Kier molecular flexibility index (Phi) is 20.7. The molecule has 0 aromatic heterocycles. The van der Waals surface area contributed by atoms with Crippen LogP contribution in [0.1, 0.15) is 54.4 Å². The normalized spacial score (nSPS) is 13.3. The quantitative estimate of drug-likeness (QED) is 0.155. The first-order valence-electron chi connectivity index (χ1n) is 10.9. The largest absolute Gasteiger partial charge is 0.379 e. The zero-order valence-electron chi connectivity index (χ0n) is 19.5. The molecule has 0 heterocycles. The Balaban J connectivity index is 3.80. The Morgan fingerprint density at radius 3 is 1.90 bits per heavy atom. The van der Waals surface area contributed by atoms with E-state index in [4.69, 9.17) is 23.7 Å². The fourth-order valence-corrected chi connectivity index (χ4v) is 4.37. The van der Waals surface area contributed by atoms with Crippen molar-refractivity contribution in [2.75, 3.05) is 66.0 Å². The van der Waals surface area contributed by atoms with Crippen LogP contribution in [0.5, 0.6) is 0 Å². The summed E-state index contributed by atoms with van der Waals surface area (Å²) >= 11 is 0. The minimum atomic E-state index is 0.0929. The van der Waals surface area contributed by atoms with Gasteiger partial charge < -0.3 is 29.0 Å². The van der Waals surface area contributed by atoms with E-state index >= 15 is 0 Å². The molecule has 0 aromatic rings. The molecule has 0 aliphatic carbocycles. The maximum Gasteiger partial charge on any atom is 0.115 e. The number of nitrogens with one attached hydrogen (secondary N) is 1. The second-order valence-corrected chi connectivity index (χ2v) is 11.1. The molecule has 0 bridgehead atoms. The maximum absolute atomic E-state index is 6.00. The summed E-state index contributed by atoms with van der Waals surface area (Å²) in [4.78, 5) is 0. The molecular formula is C21H45NO5S2. The highest BCUT2D eigenvalue weighted by Crippen LogP contribution is 2.39. The Labute approximate surface area is 187 Å². The third-order valence-electron chi connectivity index (χ3n) is 3.33. The first-order chi connectivity index (χ1) is 13.8. The van der Waals surface area contributed by atoms with E-state index in [1.54, 1.807) is 10.8 Å². The van der Waals surface area contributed by atoms with Gasteiger partial charge in [0.25, 0.3) is 0 Å². The van der Waals surface area contributed by atoms with Gasteiger partial charge in [-0.15, -0.1) is 0 Å². The van der Waals surface area contributed by atoms with Crippen molar-refractivity contribution < 1.29 is 23.7 Å². The highest BCUT2D eigenvalue weighted by molar-refractivity contribution is 8.77. The van der Waals surface area contributed by atoms with Gasteiger partial charge in [-0.25, -0.2) is 0 Å². The van der Waals surface area contributed by atoms with Gasteiger partial charge in [-0.2, -0.15) is 0 Å². The number of ether oxygens (including phenoxy) is 5. The minimum absolute atomic E-state index is 0.0929. The van der Waals surface area contributed by atoms with Crippen LogP contribution in [0.3, 0.4) is 0 Å². The van der Waals surface area contributed by atoms with Crippen LogP contribution in [-0.2, 0) is 23.7 Å². The molecular weight excluding hydrogens is 410 g/mol. The van der Waals surface area contributed by atoms with Gasteiger partial charge >= 0.3 is 0 Å². The highest BCUT2D eigenvalue weighted by Gasteiger charge is 2.17. The molecule has 0 aliphatic rings. The van der Waals surface area contributed by atoms with Crippen molar-refractivity contribution in [2.24, 2.45) is 0 Å². The van der Waals surface area contributed by atoms with Crippen LogP contribution in [0.15, 0.2) is 0 Å². The van der Waals surface area contributed by atoms with E-state index < -0.39 is 0 Å². The van der Waals surface area contributed by atoms with Gasteiger partial charge in [0, 0.05) is 30.4 Å². The Hall–Kier alpha value is 0.460. The summed E-state index contributed by atoms with van der Waals surface area (Å²) in [7, 11) is 3.62. The summed E-state index contributed by atoms with van der Waals surface area (Å²) in [6.45, 7) is 19.7. The zero-order chi connectivity index (χ0) is 21.8. The Morgan fingerprint density at radius 2 is 1.31 bits per heavy atom. The molecule has 0 saturated heterocycles. The van der Waals surface area contributed by atoms with E-state index in [1.165, 1.54) is 0 Å². The predicted molar refractivity (Wildman–Crippen MR) is 126 cm³/mol. The Morgan fingerprint density at radius 1 is 0.759 bits per heavy atom. The second kappa shape index (κ2) is 20.4. The monoisotopic (exact) mass is 455 g/mol. The molecule has 1 unspecified atom stereocenters. The van der Waals surface area contributed by atoms with Crippen LogP contribution >= 0.6 is 21.6 Å². The summed E-state index contributed by atoms with van der Waals surface area (Å²) in [6, 6.07) is 0.495. The lowest BCUT2D eigenvalue weighted by Gasteiger charge is -2.22. The topological polar surface area (TPSA) is 58.2 Å². The molecule has 0 rings (SSSR count). The SMILES string of the molecule is CCCOCCOCCOC(CCOCCOCCNC(C)C)SSC(C)(C)C. The van der Waals surface area contributed by atoms with Crippen molar-refractivity contribution in [1.29, 1.82) is 0 Å². The van der Waals surface area contributed by atoms with E-state index in [0.717, 1.165) is 32.6 Å². The summed E-state index contributed by atoms with van der Waals surface area (Å²) in [5.41, 5.74) is 0.0929. The third-order valence-corrected chi connectivity index (χ3v) is 6.94. The Bertz CT molecular complexity index is 344. The van der Waals surface area contributed by atoms with Crippen LogP contribution < -0.4 is 5.32 Å². The predicted octanol–water partition coefficient (Wildman–Crippen LogP) is 4.37. The summed E-state index contributed by atoms with van der Waals surface area (Å²) in [5.74, 6) is 0. The third kappa shape index (κ3) is 24.6. The van der Waals surface area contributed by atoms with E-state index in [0.29, 0.717) is 52.3 Å². The van der Waals surface area contributed by atoms with Gasteiger partial charge in [-0.05, 0) is 6.42 Å². The molecule has 0 aliphatic heterocycles. The van der Waals surface area contributed by atoms with Crippen molar-refractivity contribution in [1.82, 2.24) is 5.32 Å². The molecule has 1 atom stereocenters. The molecule has 1 N–H and O–H groups in total. The van der Waals surface area contributed by atoms with Crippen LogP contribution in [0, 0.1) is 0 Å². The fraction of sp³-hybridized carbons (Fsp3) is 1.00. The molecule has 0 saturated carbocycles. The number of hydrogen-bond donors (Lipinski definition) is 1. The first-order valence-corrected chi connectivity index (χ1v) is 13.1. The smallest absolute Gasteiger partial charge is 0.115 e. The van der Waals surface area contributed by atoms with Gasteiger partial charge in [-0.1, -0.05) is 63.1 Å². The van der Waals surface area contributed by atoms with Gasteiger partial charge in [-0.3, -0.25) is 0 Å². The van der Waals surface area contributed by atoms with Crippen molar-refractivity contribution in [2.45, 2.75) is 70.6 Å². The molecule has 0 fully saturated rings. The summed E-state index contributed by atoms with van der Waals surface area (Å²) in [6.07, 6.45) is 1.89. The fourth-order valence-electron chi connectivity index (χ4n) is 1.98. The van der Waals surface area contributed by atoms with E-state index in [1.807, 2.05) is 10.8 Å². The lowest BCUT2D eigenvalue weighted by atomic mass is 10.3. The highest BCUT2D eigenvalue weighted by atomic mass is 33.1. The lowest BCUT2D eigenvalue weighted by molar-refractivity contribution is -0.00135. The lowest BCUT2D eigenvalue weighted by Crippen LogP contribution is -2.27. The average molecular weight is 456 g/mol. The van der Waals surface area contributed by atoms with Crippen LogP contribution in [0.4, 0.5) is 0 Å². The van der Waals surface area contributed by atoms with E-state index in [-0.39, 0.29) is 10.2 Å². The minimum Gasteiger partial charge on any atom is -0.379 e. The van der Waals surface area contributed by atoms with Gasteiger partial charge in [0.15, 0.2) is 0 Å². The summed E-state index contributed by atoms with van der Waals surface area (Å²) < 4.78 is 28.4. The van der Waals surface area contributed by atoms with Crippen LogP contribution in [0.2, 0.25) is 0 Å². The van der Waals surface area contributed by atoms with Crippen LogP contribution in [-0.4, -0.2) is 82.2 Å². The standard InChI is InChI=1S/C21H45NO5S2/c1-7-10-23-13-16-26-17-18-27-20(28-29-21(4,5)6)8-11-24-14-15-25-12-9-22-19(2)3/h19-20,22H,7-18H2,1-6H3. The molecule has 8 heteroatoms. The van der Waals surface area contributed by atoms with Crippen molar-refractivity contribution >= 4 is 21.6 Å². The van der Waals surface area contributed by atoms with Gasteiger partial charge in [0.2, 0.25) is 0 Å². The number of hydrogen-bond acceptors (Lipinski definition) is 8. The van der Waals surface area contributed by atoms with Crippen molar-refractivity contribution in [3.05, 3.63) is 0 Å². The van der Waals surface area contributed by atoms with Gasteiger partial charge in [0.1, 0.15) is 5.44 Å². The molecule has 0 spiro atoms. The molecule has 29 heavy (non-hydrogen) atoms. The molecule has 0 aromatic carbocycles. The zero-order valence-corrected chi connectivity index (χ0v) is 21.1. The van der Waals surface area contributed by atoms with Crippen LogP contribution in [0.25, 0.3) is 0 Å². The maximum atomic E-state index is 6.00. The van der Waals surface area contributed by atoms with Crippen molar-refractivity contribution in [3.8, 4) is 0 Å². The first kappa shape index (κ1) is 29.5. The average Bonchev–Trinajstić information content (AvgIpc) is 2.65. The molecule has 0 amide bonds. The number of rotatable bonds is 21. The molecule has 176 valence electrons. The second-order valence-electron chi connectivity index (χ2n) is 7.94. The van der Waals surface area contributed by atoms with E-state index in [2.05, 4.69) is 46.9 Å². The van der Waals surface area contributed by atoms with Gasteiger partial charge in [0.05, 0.1) is 52.9 Å². The molecule has 0 radical (unpaired) electrons. The summed E-state index contributed by atoms with van der Waals surface area (Å²) in [5, 5.41) is 3.33. The van der Waals surface area contributed by atoms with Crippen molar-refractivity contribution in [3.63, 3.8) is 0 Å². The molecule has 6 nitrogen and oxygen atoms in total.